The number of ether oxygens (including phenoxy) is 1. The number of aromatic nitrogens is 2. The summed E-state index contributed by atoms with van der Waals surface area (Å²) < 4.78 is 5.83. The van der Waals surface area contributed by atoms with Gasteiger partial charge >= 0.3 is 5.97 Å². The van der Waals surface area contributed by atoms with E-state index in [0.717, 1.165) is 37.2 Å². The molecule has 1 aliphatic heterocycles. The molecule has 0 unspecified atom stereocenters. The van der Waals surface area contributed by atoms with Crippen molar-refractivity contribution >= 4 is 5.97 Å². The molecule has 0 aliphatic carbocycles. The Morgan fingerprint density at radius 3 is 2.69 bits per heavy atom. The van der Waals surface area contributed by atoms with Crippen LogP contribution in [0.15, 0.2) is 30.6 Å². The Morgan fingerprint density at radius 2 is 2.04 bits per heavy atom. The van der Waals surface area contributed by atoms with Crippen LogP contribution in [0.3, 0.4) is 0 Å². The molecule has 1 aromatic carbocycles. The van der Waals surface area contributed by atoms with Crippen LogP contribution in [0.4, 0.5) is 0 Å². The average molecular weight is 350 g/mol. The summed E-state index contributed by atoms with van der Waals surface area (Å²) in [5, 5.41) is 8.76. The minimum absolute atomic E-state index is 0.137. The van der Waals surface area contributed by atoms with Crippen LogP contribution in [0.25, 0.3) is 0 Å². The van der Waals surface area contributed by atoms with Gasteiger partial charge in [-0.25, -0.2) is 4.98 Å². The third-order valence-electron chi connectivity index (χ3n) is 5.12. The first-order valence-corrected chi connectivity index (χ1v) is 8.88. The van der Waals surface area contributed by atoms with Crippen LogP contribution >= 0.6 is 0 Å². The number of benzene rings is 1. The molecule has 0 saturated heterocycles. The SMILES string of the molecule is CCC1(CC)CCOc2ccc(C#Cc3cnc(CC(=O)O)cn3)cc21. The third kappa shape index (κ3) is 3.70. The van der Waals surface area contributed by atoms with Crippen LogP contribution < -0.4 is 4.74 Å². The van der Waals surface area contributed by atoms with Crippen molar-refractivity contribution in [2.75, 3.05) is 6.61 Å². The molecular formula is C21H22N2O3. The highest BCUT2D eigenvalue weighted by Crippen LogP contribution is 2.43. The van der Waals surface area contributed by atoms with Gasteiger partial charge in [0, 0.05) is 16.5 Å². The van der Waals surface area contributed by atoms with Crippen molar-refractivity contribution in [3.63, 3.8) is 0 Å². The van der Waals surface area contributed by atoms with Crippen LogP contribution in [0.5, 0.6) is 5.75 Å². The standard InChI is InChI=1S/C21H22N2O3/c1-3-21(4-2)9-10-26-19-8-6-15(11-18(19)21)5-7-16-13-23-17(14-22-16)12-20(24)25/h6,8,11,13-14H,3-4,9-10,12H2,1-2H3,(H,24,25). The van der Waals surface area contributed by atoms with Crippen molar-refractivity contribution in [2.24, 2.45) is 0 Å². The van der Waals surface area contributed by atoms with Crippen LogP contribution in [-0.2, 0) is 16.6 Å². The lowest BCUT2D eigenvalue weighted by Crippen LogP contribution is -2.31. The molecule has 1 aliphatic rings. The Morgan fingerprint density at radius 1 is 1.23 bits per heavy atom. The Balaban J connectivity index is 1.86. The Bertz CT molecular complexity index is 859. The fourth-order valence-electron chi connectivity index (χ4n) is 3.43. The Hall–Kier alpha value is -2.87. The van der Waals surface area contributed by atoms with Gasteiger partial charge in [0.15, 0.2) is 0 Å². The van der Waals surface area contributed by atoms with Crippen LogP contribution in [0.1, 0.15) is 55.6 Å². The number of carbonyl (C=O) groups is 1. The van der Waals surface area contributed by atoms with Crippen LogP contribution in [0, 0.1) is 11.8 Å². The molecule has 1 N–H and O–H groups in total. The van der Waals surface area contributed by atoms with E-state index < -0.39 is 5.97 Å². The summed E-state index contributed by atoms with van der Waals surface area (Å²) in [7, 11) is 0. The van der Waals surface area contributed by atoms with Crippen LogP contribution in [-0.4, -0.2) is 27.7 Å². The molecule has 0 bridgehead atoms. The van der Waals surface area contributed by atoms with Gasteiger partial charge in [0.2, 0.25) is 0 Å². The minimum Gasteiger partial charge on any atom is -0.493 e. The molecule has 1 aromatic heterocycles. The first kappa shape index (κ1) is 17.9. The summed E-state index contributed by atoms with van der Waals surface area (Å²) in [4.78, 5) is 18.9. The topological polar surface area (TPSA) is 72.3 Å². The average Bonchev–Trinajstić information content (AvgIpc) is 2.66. The summed E-state index contributed by atoms with van der Waals surface area (Å²) in [6.45, 7) is 5.22. The number of nitrogens with zero attached hydrogens (tertiary/aromatic N) is 2. The molecular weight excluding hydrogens is 328 g/mol. The first-order chi connectivity index (χ1) is 12.6. The van der Waals surface area contributed by atoms with Crippen molar-refractivity contribution in [3.8, 4) is 17.6 Å². The van der Waals surface area contributed by atoms with E-state index in [1.807, 2.05) is 12.1 Å². The van der Waals surface area contributed by atoms with Crippen molar-refractivity contribution < 1.29 is 14.6 Å². The van der Waals surface area contributed by atoms with Crippen molar-refractivity contribution in [3.05, 3.63) is 53.1 Å². The van der Waals surface area contributed by atoms with Gasteiger partial charge < -0.3 is 9.84 Å². The molecule has 3 rings (SSSR count). The predicted octanol–water partition coefficient (Wildman–Crippen LogP) is 3.34. The van der Waals surface area contributed by atoms with Gasteiger partial charge in [-0.05, 0) is 43.4 Å². The summed E-state index contributed by atoms with van der Waals surface area (Å²) in [6.07, 6.45) is 6.01. The predicted molar refractivity (Wildman–Crippen MR) is 98.2 cm³/mol. The van der Waals surface area contributed by atoms with Crippen LogP contribution in [0.2, 0.25) is 0 Å². The zero-order chi connectivity index (χ0) is 18.6. The molecule has 0 spiro atoms. The highest BCUT2D eigenvalue weighted by atomic mass is 16.5. The minimum atomic E-state index is -0.926. The van der Waals surface area contributed by atoms with E-state index in [-0.39, 0.29) is 11.8 Å². The van der Waals surface area contributed by atoms with Crippen molar-refractivity contribution in [1.82, 2.24) is 9.97 Å². The van der Waals surface area contributed by atoms with E-state index in [0.29, 0.717) is 11.4 Å². The van der Waals surface area contributed by atoms with E-state index in [2.05, 4.69) is 41.7 Å². The van der Waals surface area contributed by atoms with Gasteiger partial charge in [0.1, 0.15) is 11.4 Å². The quantitative estimate of drug-likeness (QED) is 0.856. The van der Waals surface area contributed by atoms with E-state index in [9.17, 15) is 4.79 Å². The molecule has 0 saturated carbocycles. The molecule has 5 heteroatoms. The van der Waals surface area contributed by atoms with Gasteiger partial charge in [-0.1, -0.05) is 19.8 Å². The lowest BCUT2D eigenvalue weighted by Gasteiger charge is -2.37. The van der Waals surface area contributed by atoms with Gasteiger partial charge in [-0.3, -0.25) is 9.78 Å². The normalized spacial score (nSPS) is 14.5. The molecule has 0 amide bonds. The number of fused-ring (bicyclic) bond motifs is 1. The Kier molecular flexibility index (Phi) is 5.22. The fourth-order valence-corrected chi connectivity index (χ4v) is 3.43. The van der Waals surface area contributed by atoms with Gasteiger partial charge in [0.05, 0.1) is 31.1 Å². The van der Waals surface area contributed by atoms with Gasteiger partial charge in [-0.2, -0.15) is 0 Å². The summed E-state index contributed by atoms with van der Waals surface area (Å²) in [6, 6.07) is 6.08. The number of rotatable bonds is 4. The molecule has 2 aromatic rings. The third-order valence-corrected chi connectivity index (χ3v) is 5.12. The molecule has 0 fully saturated rings. The van der Waals surface area contributed by atoms with Crippen molar-refractivity contribution in [1.29, 1.82) is 0 Å². The molecule has 2 heterocycles. The summed E-state index contributed by atoms with van der Waals surface area (Å²) in [5.41, 5.74) is 3.25. The second kappa shape index (κ2) is 7.57. The summed E-state index contributed by atoms with van der Waals surface area (Å²) in [5.74, 6) is 6.17. The number of hydrogen-bond donors (Lipinski definition) is 1. The van der Waals surface area contributed by atoms with E-state index in [1.165, 1.54) is 18.0 Å². The number of carboxylic acids is 1. The molecule has 5 nitrogen and oxygen atoms in total. The smallest absolute Gasteiger partial charge is 0.309 e. The molecule has 0 radical (unpaired) electrons. The highest BCUT2D eigenvalue weighted by Gasteiger charge is 2.34. The van der Waals surface area contributed by atoms with E-state index in [1.54, 1.807) is 0 Å². The maximum absolute atomic E-state index is 10.7. The summed E-state index contributed by atoms with van der Waals surface area (Å²) >= 11 is 0. The fraction of sp³-hybridized carbons (Fsp3) is 0.381. The number of hydrogen-bond acceptors (Lipinski definition) is 4. The van der Waals surface area contributed by atoms with E-state index in [4.69, 9.17) is 9.84 Å². The van der Waals surface area contributed by atoms with Crippen molar-refractivity contribution in [2.45, 2.75) is 44.9 Å². The maximum atomic E-state index is 10.7. The Labute approximate surface area is 153 Å². The van der Waals surface area contributed by atoms with Gasteiger partial charge in [-0.15, -0.1) is 0 Å². The van der Waals surface area contributed by atoms with E-state index >= 15 is 0 Å². The monoisotopic (exact) mass is 350 g/mol. The first-order valence-electron chi connectivity index (χ1n) is 8.88. The zero-order valence-corrected chi connectivity index (χ0v) is 15.1. The molecule has 134 valence electrons. The highest BCUT2D eigenvalue weighted by molar-refractivity contribution is 5.69. The molecule has 0 atom stereocenters. The molecule has 26 heavy (non-hydrogen) atoms. The second-order valence-corrected chi connectivity index (χ2v) is 6.51. The lowest BCUT2D eigenvalue weighted by molar-refractivity contribution is -0.136. The maximum Gasteiger partial charge on any atom is 0.309 e. The lowest BCUT2D eigenvalue weighted by atomic mass is 9.71. The largest absolute Gasteiger partial charge is 0.493 e. The second-order valence-electron chi connectivity index (χ2n) is 6.51. The number of carboxylic acid groups (broad SMARTS) is 1. The van der Waals surface area contributed by atoms with Gasteiger partial charge in [0.25, 0.3) is 0 Å². The number of aliphatic carboxylic acids is 1. The zero-order valence-electron chi connectivity index (χ0n) is 15.1.